The lowest BCUT2D eigenvalue weighted by Crippen LogP contribution is -1.97. The minimum absolute atomic E-state index is 0.0499. The second-order valence-electron chi connectivity index (χ2n) is 4.58. The number of aliphatic hydroxyl groups excluding tert-OH is 1. The molecule has 1 N–H and O–H groups in total. The van der Waals surface area contributed by atoms with Gasteiger partial charge in [-0.1, -0.05) is 12.1 Å². The molecule has 3 rings (SSSR count). The van der Waals surface area contributed by atoms with Crippen LogP contribution in [0.25, 0.3) is 11.0 Å². The van der Waals surface area contributed by atoms with Crippen molar-refractivity contribution in [3.05, 3.63) is 75.8 Å². The molecule has 2 aromatic carbocycles. The summed E-state index contributed by atoms with van der Waals surface area (Å²) in [5.41, 5.74) is 0.868. The number of fused-ring (bicyclic) bond motifs is 1. The Bertz CT molecular complexity index is 810. The van der Waals surface area contributed by atoms with E-state index >= 15 is 0 Å². The van der Waals surface area contributed by atoms with Crippen LogP contribution in [0.1, 0.15) is 17.4 Å². The number of halogens is 1. The largest absolute Gasteiger partial charge is 0.458 e. The first-order valence-electron chi connectivity index (χ1n) is 6.16. The summed E-state index contributed by atoms with van der Waals surface area (Å²) in [7, 11) is 0. The van der Waals surface area contributed by atoms with Crippen LogP contribution in [0.5, 0.6) is 0 Å². The van der Waals surface area contributed by atoms with E-state index in [4.69, 9.17) is 4.42 Å². The first-order chi connectivity index (χ1) is 10.0. The Morgan fingerprint density at radius 2 is 1.86 bits per heavy atom. The monoisotopic (exact) mass is 287 g/mol. The van der Waals surface area contributed by atoms with E-state index in [0.29, 0.717) is 16.5 Å². The summed E-state index contributed by atoms with van der Waals surface area (Å²) in [5, 5.41) is 21.5. The van der Waals surface area contributed by atoms with Crippen LogP contribution in [0.3, 0.4) is 0 Å². The quantitative estimate of drug-likeness (QED) is 0.590. The van der Waals surface area contributed by atoms with Gasteiger partial charge in [0.1, 0.15) is 23.3 Å². The second kappa shape index (κ2) is 4.99. The van der Waals surface area contributed by atoms with Crippen molar-refractivity contribution in [1.29, 1.82) is 0 Å². The van der Waals surface area contributed by atoms with Crippen LogP contribution in [0.2, 0.25) is 0 Å². The standard InChI is InChI=1S/C15H10FNO4/c16-11-3-1-9(2-4-11)15(18)14-8-10-7-12(17(19)20)5-6-13(10)21-14/h1-8,15,18H/t15-/m1/s1. The molecule has 0 unspecified atom stereocenters. The van der Waals surface area contributed by atoms with Crippen molar-refractivity contribution in [2.24, 2.45) is 0 Å². The maximum absolute atomic E-state index is 12.9. The fraction of sp³-hybridized carbons (Fsp3) is 0.0667. The molecule has 106 valence electrons. The van der Waals surface area contributed by atoms with Crippen molar-refractivity contribution < 1.29 is 18.8 Å². The lowest BCUT2D eigenvalue weighted by molar-refractivity contribution is -0.384. The summed E-state index contributed by atoms with van der Waals surface area (Å²) in [6.45, 7) is 0. The van der Waals surface area contributed by atoms with E-state index in [1.807, 2.05) is 0 Å². The molecule has 1 atom stereocenters. The van der Waals surface area contributed by atoms with Crippen molar-refractivity contribution >= 4 is 16.7 Å². The van der Waals surface area contributed by atoms with Gasteiger partial charge in [-0.15, -0.1) is 0 Å². The molecule has 1 heterocycles. The highest BCUT2D eigenvalue weighted by molar-refractivity contribution is 5.80. The van der Waals surface area contributed by atoms with Crippen LogP contribution in [0.4, 0.5) is 10.1 Å². The molecule has 0 aliphatic carbocycles. The van der Waals surface area contributed by atoms with Crippen LogP contribution in [0, 0.1) is 15.9 Å². The number of furan rings is 1. The minimum atomic E-state index is -1.06. The highest BCUT2D eigenvalue weighted by Crippen LogP contribution is 2.30. The molecule has 0 amide bonds. The average molecular weight is 287 g/mol. The zero-order valence-electron chi connectivity index (χ0n) is 10.7. The van der Waals surface area contributed by atoms with E-state index in [9.17, 15) is 19.6 Å². The Hall–Kier alpha value is -2.73. The summed E-state index contributed by atoms with van der Waals surface area (Å²) in [6.07, 6.45) is -1.06. The zero-order valence-corrected chi connectivity index (χ0v) is 10.7. The first-order valence-corrected chi connectivity index (χ1v) is 6.16. The molecule has 0 spiro atoms. The van der Waals surface area contributed by atoms with Gasteiger partial charge in [0.05, 0.1) is 4.92 Å². The van der Waals surface area contributed by atoms with E-state index in [1.54, 1.807) is 0 Å². The van der Waals surface area contributed by atoms with Crippen LogP contribution < -0.4 is 0 Å². The van der Waals surface area contributed by atoms with Crippen molar-refractivity contribution in [3.8, 4) is 0 Å². The summed E-state index contributed by atoms with van der Waals surface area (Å²) < 4.78 is 18.4. The third kappa shape index (κ3) is 2.48. The molecule has 0 aliphatic rings. The van der Waals surface area contributed by atoms with Gasteiger partial charge in [-0.2, -0.15) is 0 Å². The molecule has 0 fully saturated rings. The number of aliphatic hydroxyl groups is 1. The van der Waals surface area contributed by atoms with Gasteiger partial charge in [-0.25, -0.2) is 4.39 Å². The molecule has 0 saturated heterocycles. The van der Waals surface area contributed by atoms with Crippen molar-refractivity contribution in [3.63, 3.8) is 0 Å². The summed E-state index contributed by atoms with van der Waals surface area (Å²) in [5.74, 6) is -0.150. The van der Waals surface area contributed by atoms with E-state index in [0.717, 1.165) is 0 Å². The maximum atomic E-state index is 12.9. The minimum Gasteiger partial charge on any atom is -0.458 e. The van der Waals surface area contributed by atoms with E-state index in [-0.39, 0.29) is 11.4 Å². The lowest BCUT2D eigenvalue weighted by atomic mass is 10.1. The van der Waals surface area contributed by atoms with Gasteiger partial charge in [-0.05, 0) is 29.8 Å². The van der Waals surface area contributed by atoms with Crippen molar-refractivity contribution in [2.75, 3.05) is 0 Å². The lowest BCUT2D eigenvalue weighted by Gasteiger charge is -2.07. The Morgan fingerprint density at radius 3 is 2.52 bits per heavy atom. The molecular formula is C15H10FNO4. The first kappa shape index (κ1) is 13.3. The van der Waals surface area contributed by atoms with E-state index in [2.05, 4.69) is 0 Å². The highest BCUT2D eigenvalue weighted by atomic mass is 19.1. The molecule has 5 nitrogen and oxygen atoms in total. The summed E-state index contributed by atoms with van der Waals surface area (Å²) in [4.78, 5) is 10.2. The van der Waals surface area contributed by atoms with Gasteiger partial charge in [0.25, 0.3) is 5.69 Å². The third-order valence-electron chi connectivity index (χ3n) is 3.19. The molecule has 0 radical (unpaired) electrons. The topological polar surface area (TPSA) is 76.5 Å². The van der Waals surface area contributed by atoms with E-state index in [1.165, 1.54) is 48.5 Å². The number of nitro groups is 1. The zero-order chi connectivity index (χ0) is 15.0. The number of nitro benzene ring substituents is 1. The summed E-state index contributed by atoms with van der Waals surface area (Å²) >= 11 is 0. The van der Waals surface area contributed by atoms with Gasteiger partial charge >= 0.3 is 0 Å². The Labute approximate surface area is 118 Å². The molecule has 0 aliphatic heterocycles. The van der Waals surface area contributed by atoms with Crippen LogP contribution in [-0.4, -0.2) is 10.0 Å². The Balaban J connectivity index is 2.00. The average Bonchev–Trinajstić information content (AvgIpc) is 2.90. The van der Waals surface area contributed by atoms with Crippen molar-refractivity contribution in [2.45, 2.75) is 6.10 Å². The van der Waals surface area contributed by atoms with Crippen LogP contribution in [-0.2, 0) is 0 Å². The molecule has 0 bridgehead atoms. The fourth-order valence-corrected chi connectivity index (χ4v) is 2.11. The predicted molar refractivity (Wildman–Crippen MR) is 73.3 cm³/mol. The molecule has 1 aromatic heterocycles. The Morgan fingerprint density at radius 1 is 1.14 bits per heavy atom. The van der Waals surface area contributed by atoms with Gasteiger partial charge in [0, 0.05) is 17.5 Å². The third-order valence-corrected chi connectivity index (χ3v) is 3.19. The second-order valence-corrected chi connectivity index (χ2v) is 4.58. The normalized spacial score (nSPS) is 12.5. The van der Waals surface area contributed by atoms with Crippen LogP contribution in [0.15, 0.2) is 52.9 Å². The molecule has 3 aromatic rings. The Kier molecular flexibility index (Phi) is 3.15. The van der Waals surface area contributed by atoms with Gasteiger partial charge in [-0.3, -0.25) is 10.1 Å². The molecule has 21 heavy (non-hydrogen) atoms. The van der Waals surface area contributed by atoms with Gasteiger partial charge < -0.3 is 9.52 Å². The number of nitrogens with zero attached hydrogens (tertiary/aromatic N) is 1. The molecule has 0 saturated carbocycles. The SMILES string of the molecule is O=[N+]([O-])c1ccc2oc([C@H](O)c3ccc(F)cc3)cc2c1. The highest BCUT2D eigenvalue weighted by Gasteiger charge is 2.17. The van der Waals surface area contributed by atoms with Crippen molar-refractivity contribution in [1.82, 2.24) is 0 Å². The van der Waals surface area contributed by atoms with Gasteiger partial charge in [0.2, 0.25) is 0 Å². The van der Waals surface area contributed by atoms with Gasteiger partial charge in [0.15, 0.2) is 0 Å². The number of rotatable bonds is 3. The number of hydrogen-bond donors (Lipinski definition) is 1. The predicted octanol–water partition coefficient (Wildman–Crippen LogP) is 3.56. The summed E-state index contributed by atoms with van der Waals surface area (Å²) in [6, 6.07) is 11.1. The fourth-order valence-electron chi connectivity index (χ4n) is 2.11. The number of hydrogen-bond acceptors (Lipinski definition) is 4. The van der Waals surface area contributed by atoms with Crippen LogP contribution >= 0.6 is 0 Å². The van der Waals surface area contributed by atoms with E-state index < -0.39 is 16.8 Å². The molecule has 6 heteroatoms. The smallest absolute Gasteiger partial charge is 0.270 e. The maximum Gasteiger partial charge on any atom is 0.270 e. The number of non-ortho nitro benzene ring substituents is 1. The number of benzene rings is 2. The molecular weight excluding hydrogens is 277 g/mol.